The smallest absolute Gasteiger partial charge is 0.000475 e. The van der Waals surface area contributed by atoms with Crippen LogP contribution in [-0.2, 0) is 0 Å². The molecule has 0 heterocycles. The van der Waals surface area contributed by atoms with Crippen molar-refractivity contribution in [1.82, 2.24) is 10.6 Å². The molecular weight excluding hydrogens is 164 g/mol. The quantitative estimate of drug-likeness (QED) is 0.333. The molecule has 0 aromatic heterocycles. The minimum Gasteiger partial charge on any atom is -0.330 e. The van der Waals surface area contributed by atoms with E-state index in [1.54, 1.807) is 0 Å². The lowest BCUT2D eigenvalue weighted by Gasteiger charge is -2.04. The lowest BCUT2D eigenvalue weighted by molar-refractivity contribution is 0.643. The minimum absolute atomic E-state index is 0.766. The summed E-state index contributed by atoms with van der Waals surface area (Å²) in [5.74, 6) is 0. The fraction of sp³-hybridized carbons (Fsp3) is 0.889. The first-order valence-electron chi connectivity index (χ1n) is 5.05. The van der Waals surface area contributed by atoms with Crippen molar-refractivity contribution in [2.45, 2.75) is 12.8 Å². The summed E-state index contributed by atoms with van der Waals surface area (Å²) >= 11 is 0. The highest BCUT2D eigenvalue weighted by molar-refractivity contribution is 4.70. The molecule has 0 aliphatic carbocycles. The molecule has 0 aromatic carbocycles. The van der Waals surface area contributed by atoms with E-state index in [0.29, 0.717) is 0 Å². The van der Waals surface area contributed by atoms with Crippen molar-refractivity contribution in [2.24, 2.45) is 11.5 Å². The van der Waals surface area contributed by atoms with Gasteiger partial charge in [-0.3, -0.25) is 0 Å². The highest BCUT2D eigenvalue weighted by Crippen LogP contribution is 1.75. The van der Waals surface area contributed by atoms with Gasteiger partial charge in [-0.1, -0.05) is 0 Å². The maximum Gasteiger partial charge on any atom is -0.000475 e. The summed E-state index contributed by atoms with van der Waals surface area (Å²) in [6.45, 7) is 5.46. The van der Waals surface area contributed by atoms with E-state index in [2.05, 4.69) is 17.1 Å². The minimum atomic E-state index is 0.766. The Morgan fingerprint density at radius 1 is 0.846 bits per heavy atom. The van der Waals surface area contributed by atoms with E-state index in [1.165, 1.54) is 0 Å². The SMILES string of the molecule is NCCCNC[CH]CNCCCN. The maximum atomic E-state index is 5.35. The van der Waals surface area contributed by atoms with Gasteiger partial charge in [0.25, 0.3) is 0 Å². The van der Waals surface area contributed by atoms with Crippen LogP contribution >= 0.6 is 0 Å². The molecule has 0 aliphatic heterocycles. The largest absolute Gasteiger partial charge is 0.330 e. The topological polar surface area (TPSA) is 76.1 Å². The number of hydrogen-bond acceptors (Lipinski definition) is 4. The van der Waals surface area contributed by atoms with Gasteiger partial charge in [0, 0.05) is 0 Å². The Bertz CT molecular complexity index is 77.7. The van der Waals surface area contributed by atoms with Gasteiger partial charge in [0.15, 0.2) is 0 Å². The molecule has 13 heavy (non-hydrogen) atoms. The van der Waals surface area contributed by atoms with Crippen molar-refractivity contribution in [3.63, 3.8) is 0 Å². The fourth-order valence-electron chi connectivity index (χ4n) is 0.935. The molecule has 0 saturated carbocycles. The van der Waals surface area contributed by atoms with Crippen LogP contribution in [0.4, 0.5) is 0 Å². The zero-order valence-corrected chi connectivity index (χ0v) is 8.39. The predicted molar refractivity (Wildman–Crippen MR) is 57.4 cm³/mol. The molecule has 0 unspecified atom stereocenters. The first-order valence-corrected chi connectivity index (χ1v) is 5.05. The molecule has 0 amide bonds. The van der Waals surface area contributed by atoms with Gasteiger partial charge in [0.2, 0.25) is 0 Å². The van der Waals surface area contributed by atoms with Gasteiger partial charge >= 0.3 is 0 Å². The first-order chi connectivity index (χ1) is 6.41. The van der Waals surface area contributed by atoms with Crippen molar-refractivity contribution >= 4 is 0 Å². The van der Waals surface area contributed by atoms with Gasteiger partial charge in [-0.15, -0.1) is 0 Å². The van der Waals surface area contributed by atoms with Crippen LogP contribution in [0.3, 0.4) is 0 Å². The van der Waals surface area contributed by atoms with E-state index in [1.807, 2.05) is 0 Å². The van der Waals surface area contributed by atoms with Gasteiger partial charge in [0.1, 0.15) is 0 Å². The average Bonchev–Trinajstić information content (AvgIpc) is 2.16. The van der Waals surface area contributed by atoms with Crippen LogP contribution in [0.15, 0.2) is 0 Å². The van der Waals surface area contributed by atoms with Gasteiger partial charge in [-0.25, -0.2) is 0 Å². The van der Waals surface area contributed by atoms with Gasteiger partial charge in [-0.2, -0.15) is 0 Å². The lowest BCUT2D eigenvalue weighted by Crippen LogP contribution is -2.25. The second-order valence-corrected chi connectivity index (χ2v) is 2.98. The molecule has 0 aliphatic rings. The summed E-state index contributed by atoms with van der Waals surface area (Å²) in [4.78, 5) is 0. The van der Waals surface area contributed by atoms with Crippen LogP contribution < -0.4 is 22.1 Å². The van der Waals surface area contributed by atoms with Crippen LogP contribution in [-0.4, -0.2) is 39.3 Å². The van der Waals surface area contributed by atoms with Crippen LogP contribution in [0, 0.1) is 6.42 Å². The standard InChI is InChI=1S/C9H23N4/c10-4-1-6-12-8-3-9-13-7-2-5-11/h3,12-13H,1-2,4-11H2. The highest BCUT2D eigenvalue weighted by atomic mass is 14.9. The highest BCUT2D eigenvalue weighted by Gasteiger charge is 1.88. The lowest BCUT2D eigenvalue weighted by atomic mass is 10.3. The molecule has 6 N–H and O–H groups in total. The van der Waals surface area contributed by atoms with Crippen molar-refractivity contribution in [1.29, 1.82) is 0 Å². The summed E-state index contributed by atoms with van der Waals surface area (Å²) in [6, 6.07) is 0. The van der Waals surface area contributed by atoms with E-state index in [0.717, 1.165) is 52.1 Å². The van der Waals surface area contributed by atoms with Crippen LogP contribution in [0.25, 0.3) is 0 Å². The molecular formula is C9H23N4. The van der Waals surface area contributed by atoms with Crippen molar-refractivity contribution in [3.8, 4) is 0 Å². The molecule has 0 rings (SSSR count). The average molecular weight is 187 g/mol. The van der Waals surface area contributed by atoms with Crippen molar-refractivity contribution in [3.05, 3.63) is 6.42 Å². The van der Waals surface area contributed by atoms with Crippen LogP contribution in [0.2, 0.25) is 0 Å². The molecule has 0 atom stereocenters. The normalized spacial score (nSPS) is 10.6. The summed E-state index contributed by atoms with van der Waals surface area (Å²) in [7, 11) is 0. The third kappa shape index (κ3) is 11.8. The van der Waals surface area contributed by atoms with Gasteiger partial charge < -0.3 is 22.1 Å². The number of nitrogens with one attached hydrogen (secondary N) is 2. The Labute approximate surface area is 81.4 Å². The molecule has 1 radical (unpaired) electrons. The van der Waals surface area contributed by atoms with Crippen LogP contribution in [0.5, 0.6) is 0 Å². The zero-order chi connectivity index (χ0) is 9.78. The van der Waals surface area contributed by atoms with E-state index in [-0.39, 0.29) is 0 Å². The molecule has 4 nitrogen and oxygen atoms in total. The predicted octanol–water partition coefficient (Wildman–Crippen LogP) is -0.933. The third-order valence-corrected chi connectivity index (χ3v) is 1.69. The van der Waals surface area contributed by atoms with E-state index >= 15 is 0 Å². The van der Waals surface area contributed by atoms with Crippen LogP contribution in [0.1, 0.15) is 12.8 Å². The molecule has 0 aromatic rings. The van der Waals surface area contributed by atoms with Gasteiger partial charge in [0.05, 0.1) is 0 Å². The van der Waals surface area contributed by atoms with E-state index in [4.69, 9.17) is 11.5 Å². The summed E-state index contributed by atoms with van der Waals surface area (Å²) in [5.41, 5.74) is 10.7. The van der Waals surface area contributed by atoms with E-state index < -0.39 is 0 Å². The second kappa shape index (κ2) is 11.8. The Balaban J connectivity index is 2.76. The molecule has 0 spiro atoms. The molecule has 0 saturated heterocycles. The summed E-state index contributed by atoms with van der Waals surface area (Å²) < 4.78 is 0. The Morgan fingerprint density at radius 2 is 1.31 bits per heavy atom. The summed E-state index contributed by atoms with van der Waals surface area (Å²) in [6.07, 6.45) is 4.29. The van der Waals surface area contributed by atoms with Crippen molar-refractivity contribution < 1.29 is 0 Å². The zero-order valence-electron chi connectivity index (χ0n) is 8.39. The maximum absolute atomic E-state index is 5.35. The second-order valence-electron chi connectivity index (χ2n) is 2.98. The van der Waals surface area contributed by atoms with Gasteiger partial charge in [-0.05, 0) is 58.5 Å². The summed E-state index contributed by atoms with van der Waals surface area (Å²) in [5, 5.41) is 6.55. The first kappa shape index (κ1) is 12.8. The molecule has 0 bridgehead atoms. The number of hydrogen-bond donors (Lipinski definition) is 4. The number of nitrogens with two attached hydrogens (primary N) is 2. The molecule has 79 valence electrons. The Hall–Kier alpha value is -0.160. The monoisotopic (exact) mass is 187 g/mol. The van der Waals surface area contributed by atoms with Crippen molar-refractivity contribution in [2.75, 3.05) is 39.3 Å². The fourth-order valence-corrected chi connectivity index (χ4v) is 0.935. The molecule has 0 fully saturated rings. The number of rotatable bonds is 10. The third-order valence-electron chi connectivity index (χ3n) is 1.69. The van der Waals surface area contributed by atoms with E-state index in [9.17, 15) is 0 Å². The Morgan fingerprint density at radius 3 is 1.69 bits per heavy atom. The Kier molecular flexibility index (Phi) is 11.7. The molecule has 4 heteroatoms.